The maximum atomic E-state index is 11.1. The van der Waals surface area contributed by atoms with Crippen LogP contribution in [0.15, 0.2) is 30.9 Å². The molecule has 0 atom stereocenters. The van der Waals surface area contributed by atoms with Crippen LogP contribution in [0.1, 0.15) is 6.92 Å². The first-order chi connectivity index (χ1) is 7.71. The lowest BCUT2D eigenvalue weighted by Gasteiger charge is -2.10. The van der Waals surface area contributed by atoms with Crippen LogP contribution < -0.4 is 14.8 Å². The van der Waals surface area contributed by atoms with Crippen molar-refractivity contribution < 1.29 is 14.3 Å². The third kappa shape index (κ3) is 3.02. The third-order valence-corrected chi connectivity index (χ3v) is 1.92. The van der Waals surface area contributed by atoms with Crippen LogP contribution in [0.3, 0.4) is 0 Å². The van der Waals surface area contributed by atoms with E-state index in [1.165, 1.54) is 6.08 Å². The normalized spacial score (nSPS) is 9.38. The first-order valence-corrected chi connectivity index (χ1v) is 4.95. The van der Waals surface area contributed by atoms with Gasteiger partial charge in [0.1, 0.15) is 0 Å². The molecule has 1 amide bonds. The Morgan fingerprint density at radius 1 is 1.50 bits per heavy atom. The molecule has 1 N–H and O–H groups in total. The maximum absolute atomic E-state index is 11.1. The molecule has 0 fully saturated rings. The van der Waals surface area contributed by atoms with Gasteiger partial charge in [-0.3, -0.25) is 4.79 Å². The van der Waals surface area contributed by atoms with Gasteiger partial charge in [0.15, 0.2) is 11.5 Å². The molecule has 1 aromatic carbocycles. The molecule has 86 valence electrons. The van der Waals surface area contributed by atoms with Gasteiger partial charge in [-0.05, 0) is 25.1 Å². The fourth-order valence-electron chi connectivity index (χ4n) is 1.21. The minimum absolute atomic E-state index is 0.258. The molecule has 0 aliphatic rings. The van der Waals surface area contributed by atoms with E-state index < -0.39 is 0 Å². The number of nitrogens with one attached hydrogen (secondary N) is 1. The molecule has 4 nitrogen and oxygen atoms in total. The van der Waals surface area contributed by atoms with Crippen molar-refractivity contribution in [1.82, 2.24) is 0 Å². The summed E-state index contributed by atoms with van der Waals surface area (Å²) in [6.45, 7) is 5.84. The summed E-state index contributed by atoms with van der Waals surface area (Å²) in [5.41, 5.74) is 0.644. The van der Waals surface area contributed by atoms with Gasteiger partial charge in [0.25, 0.3) is 0 Å². The SMILES string of the molecule is C=CC(=O)Nc1ccc(OCC)c(OC)c1. The number of ether oxygens (including phenoxy) is 2. The fourth-order valence-corrected chi connectivity index (χ4v) is 1.21. The number of benzene rings is 1. The molecule has 0 saturated carbocycles. The van der Waals surface area contributed by atoms with Gasteiger partial charge in [-0.2, -0.15) is 0 Å². The Balaban J connectivity index is 2.90. The summed E-state index contributed by atoms with van der Waals surface area (Å²) in [7, 11) is 1.55. The van der Waals surface area contributed by atoms with Crippen LogP contribution in [0.2, 0.25) is 0 Å². The van der Waals surface area contributed by atoms with Crippen molar-refractivity contribution in [3.63, 3.8) is 0 Å². The quantitative estimate of drug-likeness (QED) is 0.775. The Morgan fingerprint density at radius 3 is 2.81 bits per heavy atom. The maximum Gasteiger partial charge on any atom is 0.247 e. The van der Waals surface area contributed by atoms with Crippen molar-refractivity contribution in [3.8, 4) is 11.5 Å². The van der Waals surface area contributed by atoms with Crippen molar-refractivity contribution in [3.05, 3.63) is 30.9 Å². The molecule has 0 aliphatic heterocycles. The van der Waals surface area contributed by atoms with Crippen molar-refractivity contribution in [2.45, 2.75) is 6.92 Å². The summed E-state index contributed by atoms with van der Waals surface area (Å²) in [5, 5.41) is 2.64. The summed E-state index contributed by atoms with van der Waals surface area (Å²) in [4.78, 5) is 11.1. The van der Waals surface area contributed by atoms with Crippen LogP contribution in [-0.2, 0) is 4.79 Å². The molecular formula is C12H15NO3. The van der Waals surface area contributed by atoms with Crippen LogP contribution in [0, 0.1) is 0 Å². The smallest absolute Gasteiger partial charge is 0.247 e. The number of carbonyl (C=O) groups is 1. The van der Waals surface area contributed by atoms with Gasteiger partial charge >= 0.3 is 0 Å². The first kappa shape index (κ1) is 12.1. The van der Waals surface area contributed by atoms with Crippen molar-refractivity contribution in [1.29, 1.82) is 0 Å². The number of carbonyl (C=O) groups excluding carboxylic acids is 1. The molecule has 0 unspecified atom stereocenters. The second-order valence-corrected chi connectivity index (χ2v) is 2.99. The Kier molecular flexibility index (Phi) is 4.39. The lowest BCUT2D eigenvalue weighted by atomic mass is 10.2. The van der Waals surface area contributed by atoms with E-state index in [0.29, 0.717) is 23.8 Å². The molecule has 1 aromatic rings. The second kappa shape index (κ2) is 5.80. The zero-order chi connectivity index (χ0) is 12.0. The van der Waals surface area contributed by atoms with Crippen molar-refractivity contribution in [2.24, 2.45) is 0 Å². The summed E-state index contributed by atoms with van der Waals surface area (Å²) in [5.74, 6) is 0.983. The molecule has 0 aliphatic carbocycles. The number of amides is 1. The largest absolute Gasteiger partial charge is 0.493 e. The second-order valence-electron chi connectivity index (χ2n) is 2.99. The van der Waals surface area contributed by atoms with Crippen LogP contribution in [0.4, 0.5) is 5.69 Å². The molecule has 0 aromatic heterocycles. The zero-order valence-electron chi connectivity index (χ0n) is 9.45. The van der Waals surface area contributed by atoms with E-state index >= 15 is 0 Å². The van der Waals surface area contributed by atoms with Crippen molar-refractivity contribution in [2.75, 3.05) is 19.0 Å². The lowest BCUT2D eigenvalue weighted by molar-refractivity contribution is -0.111. The van der Waals surface area contributed by atoms with E-state index in [4.69, 9.17) is 9.47 Å². The highest BCUT2D eigenvalue weighted by Gasteiger charge is 2.05. The number of anilines is 1. The minimum atomic E-state index is -0.258. The summed E-state index contributed by atoms with van der Waals surface area (Å²) < 4.78 is 10.5. The highest BCUT2D eigenvalue weighted by Crippen LogP contribution is 2.30. The molecule has 4 heteroatoms. The molecule has 0 bridgehead atoms. The van der Waals surface area contributed by atoms with Crippen LogP contribution >= 0.6 is 0 Å². The molecule has 0 saturated heterocycles. The number of methoxy groups -OCH3 is 1. The predicted octanol–water partition coefficient (Wildman–Crippen LogP) is 2.22. The summed E-state index contributed by atoms with van der Waals surface area (Å²) in [6, 6.07) is 5.20. The molecule has 0 spiro atoms. The number of hydrogen-bond donors (Lipinski definition) is 1. The van der Waals surface area contributed by atoms with Crippen molar-refractivity contribution >= 4 is 11.6 Å². The third-order valence-electron chi connectivity index (χ3n) is 1.92. The molecular weight excluding hydrogens is 206 g/mol. The van der Waals surface area contributed by atoms with E-state index in [0.717, 1.165) is 0 Å². The van der Waals surface area contributed by atoms with Gasteiger partial charge in [-0.15, -0.1) is 0 Å². The monoisotopic (exact) mass is 221 g/mol. The molecule has 0 radical (unpaired) electrons. The zero-order valence-corrected chi connectivity index (χ0v) is 9.45. The van der Waals surface area contributed by atoms with Gasteiger partial charge < -0.3 is 14.8 Å². The van der Waals surface area contributed by atoms with E-state index in [-0.39, 0.29) is 5.91 Å². The van der Waals surface area contributed by atoms with Gasteiger partial charge in [-0.1, -0.05) is 6.58 Å². The Hall–Kier alpha value is -1.97. The van der Waals surface area contributed by atoms with E-state index in [1.807, 2.05) is 6.92 Å². The van der Waals surface area contributed by atoms with E-state index in [1.54, 1.807) is 25.3 Å². The average molecular weight is 221 g/mol. The predicted molar refractivity (Wildman–Crippen MR) is 63.0 cm³/mol. The van der Waals surface area contributed by atoms with Gasteiger partial charge in [0.05, 0.1) is 13.7 Å². The van der Waals surface area contributed by atoms with Gasteiger partial charge in [-0.25, -0.2) is 0 Å². The molecule has 16 heavy (non-hydrogen) atoms. The minimum Gasteiger partial charge on any atom is -0.493 e. The fraction of sp³-hybridized carbons (Fsp3) is 0.250. The molecule has 1 rings (SSSR count). The van der Waals surface area contributed by atoms with Crippen LogP contribution in [-0.4, -0.2) is 19.6 Å². The van der Waals surface area contributed by atoms with Gasteiger partial charge in [0, 0.05) is 11.8 Å². The Morgan fingerprint density at radius 2 is 2.25 bits per heavy atom. The molecule has 0 heterocycles. The number of rotatable bonds is 5. The van der Waals surface area contributed by atoms with Crippen LogP contribution in [0.25, 0.3) is 0 Å². The van der Waals surface area contributed by atoms with Gasteiger partial charge in [0.2, 0.25) is 5.91 Å². The topological polar surface area (TPSA) is 47.6 Å². The summed E-state index contributed by atoms with van der Waals surface area (Å²) in [6.07, 6.45) is 1.21. The van der Waals surface area contributed by atoms with Crippen LogP contribution in [0.5, 0.6) is 11.5 Å². The Bertz CT molecular complexity index is 388. The number of hydrogen-bond acceptors (Lipinski definition) is 3. The van der Waals surface area contributed by atoms with E-state index in [2.05, 4.69) is 11.9 Å². The Labute approximate surface area is 94.9 Å². The first-order valence-electron chi connectivity index (χ1n) is 4.95. The van der Waals surface area contributed by atoms with E-state index in [9.17, 15) is 4.79 Å². The summed E-state index contributed by atoms with van der Waals surface area (Å²) >= 11 is 0. The average Bonchev–Trinajstić information content (AvgIpc) is 2.31. The standard InChI is InChI=1S/C12H15NO3/c1-4-12(14)13-9-6-7-10(16-5-2)11(8-9)15-3/h4,6-8H,1,5H2,2-3H3,(H,13,14). The lowest BCUT2D eigenvalue weighted by Crippen LogP contribution is -2.07. The highest BCUT2D eigenvalue weighted by atomic mass is 16.5. The highest BCUT2D eigenvalue weighted by molar-refractivity contribution is 5.99.